The molecule has 0 aromatic carbocycles. The zero-order valence-corrected chi connectivity index (χ0v) is 11.5. The second-order valence-electron chi connectivity index (χ2n) is 4.97. The predicted molar refractivity (Wildman–Crippen MR) is 73.2 cm³/mol. The Bertz CT molecular complexity index is 377. The molecule has 0 bridgehead atoms. The lowest BCUT2D eigenvalue weighted by molar-refractivity contribution is 0.00210. The molecule has 2 atom stereocenters. The van der Waals surface area contributed by atoms with Crippen LogP contribution in [0.3, 0.4) is 0 Å². The molecule has 2 heterocycles. The number of hydrogen-bond acceptors (Lipinski definition) is 4. The molecule has 1 aliphatic rings. The first-order chi connectivity index (χ1) is 9.29. The van der Waals surface area contributed by atoms with Crippen molar-refractivity contribution < 1.29 is 14.6 Å². The van der Waals surface area contributed by atoms with Crippen molar-refractivity contribution in [1.82, 2.24) is 4.98 Å². The van der Waals surface area contributed by atoms with Crippen molar-refractivity contribution in [3.05, 3.63) is 24.0 Å². The molecule has 0 aliphatic carbocycles. The van der Waals surface area contributed by atoms with E-state index >= 15 is 0 Å². The fraction of sp³-hybridized carbons (Fsp3) is 0.667. The second-order valence-corrected chi connectivity index (χ2v) is 4.97. The minimum Gasteiger partial charge on any atom is -0.492 e. The number of hydrogen-bond donors (Lipinski definition) is 1. The maximum absolute atomic E-state index is 10.2. The molecule has 4 nitrogen and oxygen atoms in total. The maximum atomic E-state index is 10.2. The Balaban J connectivity index is 1.84. The van der Waals surface area contributed by atoms with Gasteiger partial charge in [0.1, 0.15) is 5.75 Å². The van der Waals surface area contributed by atoms with E-state index < -0.39 is 6.10 Å². The highest BCUT2D eigenvalue weighted by atomic mass is 16.5. The average molecular weight is 265 g/mol. The number of aliphatic hydroxyl groups excluding tert-OH is 1. The topological polar surface area (TPSA) is 51.6 Å². The Labute approximate surface area is 114 Å². The Morgan fingerprint density at radius 1 is 1.47 bits per heavy atom. The summed E-state index contributed by atoms with van der Waals surface area (Å²) in [7, 11) is 0. The first kappa shape index (κ1) is 14.3. The zero-order chi connectivity index (χ0) is 13.5. The van der Waals surface area contributed by atoms with Gasteiger partial charge < -0.3 is 14.6 Å². The molecule has 1 aliphatic heterocycles. The summed E-state index contributed by atoms with van der Waals surface area (Å²) in [4.78, 5) is 4.10. The molecule has 1 saturated heterocycles. The number of aromatic nitrogens is 1. The Morgan fingerprint density at radius 3 is 3.11 bits per heavy atom. The van der Waals surface area contributed by atoms with E-state index in [9.17, 15) is 5.11 Å². The van der Waals surface area contributed by atoms with E-state index in [1.54, 1.807) is 12.4 Å². The molecule has 2 rings (SSSR count). The lowest BCUT2D eigenvalue weighted by atomic mass is 10.00. The Morgan fingerprint density at radius 2 is 2.37 bits per heavy atom. The van der Waals surface area contributed by atoms with Gasteiger partial charge in [0, 0.05) is 18.4 Å². The lowest BCUT2D eigenvalue weighted by Crippen LogP contribution is -2.19. The molecule has 1 aromatic rings. The van der Waals surface area contributed by atoms with E-state index in [0.29, 0.717) is 24.9 Å². The van der Waals surface area contributed by atoms with E-state index in [-0.39, 0.29) is 0 Å². The van der Waals surface area contributed by atoms with Gasteiger partial charge in [0.15, 0.2) is 0 Å². The molecule has 0 amide bonds. The van der Waals surface area contributed by atoms with Gasteiger partial charge in [-0.15, -0.1) is 0 Å². The summed E-state index contributed by atoms with van der Waals surface area (Å²) in [5.74, 6) is 0.716. The monoisotopic (exact) mass is 265 g/mol. The second kappa shape index (κ2) is 7.46. The number of nitrogens with zero attached hydrogens (tertiary/aromatic N) is 1. The number of pyridine rings is 1. The summed E-state index contributed by atoms with van der Waals surface area (Å²) < 4.78 is 11.1. The largest absolute Gasteiger partial charge is 0.492 e. The smallest absolute Gasteiger partial charge is 0.137 e. The average Bonchev–Trinajstić information content (AvgIpc) is 2.46. The minimum atomic E-state index is -0.488. The maximum Gasteiger partial charge on any atom is 0.137 e. The van der Waals surface area contributed by atoms with Crippen molar-refractivity contribution in [3.63, 3.8) is 0 Å². The molecule has 1 fully saturated rings. The standard InChI is InChI=1S/C15H23NO3/c1-2-18-14-9-12(10-16-11-14)15(17)7-6-13-5-3-4-8-19-13/h9-11,13,15,17H,2-8H2,1H3. The van der Waals surface area contributed by atoms with Gasteiger partial charge in [0.05, 0.1) is 25.0 Å². The zero-order valence-electron chi connectivity index (χ0n) is 11.5. The van der Waals surface area contributed by atoms with Crippen molar-refractivity contribution in [1.29, 1.82) is 0 Å². The molecule has 0 saturated carbocycles. The van der Waals surface area contributed by atoms with Crippen molar-refractivity contribution in [2.75, 3.05) is 13.2 Å². The van der Waals surface area contributed by atoms with Crippen LogP contribution in [0.25, 0.3) is 0 Å². The van der Waals surface area contributed by atoms with Gasteiger partial charge in [-0.25, -0.2) is 0 Å². The fourth-order valence-electron chi connectivity index (χ4n) is 2.41. The number of rotatable bonds is 6. The number of ether oxygens (including phenoxy) is 2. The van der Waals surface area contributed by atoms with Crippen LogP contribution in [0.2, 0.25) is 0 Å². The summed E-state index contributed by atoms with van der Waals surface area (Å²) >= 11 is 0. The molecule has 2 unspecified atom stereocenters. The SMILES string of the molecule is CCOc1cncc(C(O)CCC2CCCCO2)c1. The summed E-state index contributed by atoms with van der Waals surface area (Å²) in [5.41, 5.74) is 0.821. The van der Waals surface area contributed by atoms with Crippen molar-refractivity contribution in [3.8, 4) is 5.75 Å². The Kier molecular flexibility index (Phi) is 5.61. The van der Waals surface area contributed by atoms with Gasteiger partial charge >= 0.3 is 0 Å². The summed E-state index contributed by atoms with van der Waals surface area (Å²) in [6.45, 7) is 3.41. The van der Waals surface area contributed by atoms with E-state index in [1.165, 1.54) is 12.8 Å². The van der Waals surface area contributed by atoms with Gasteiger partial charge in [0.2, 0.25) is 0 Å². The van der Waals surface area contributed by atoms with E-state index in [1.807, 2.05) is 13.0 Å². The van der Waals surface area contributed by atoms with Crippen LogP contribution in [0.15, 0.2) is 18.5 Å². The number of aliphatic hydroxyl groups is 1. The molecule has 4 heteroatoms. The molecule has 0 radical (unpaired) electrons. The lowest BCUT2D eigenvalue weighted by Gasteiger charge is -2.23. The molecule has 1 aromatic heterocycles. The van der Waals surface area contributed by atoms with Crippen LogP contribution in [-0.4, -0.2) is 29.4 Å². The third-order valence-electron chi connectivity index (χ3n) is 3.47. The van der Waals surface area contributed by atoms with Crippen LogP contribution < -0.4 is 4.74 Å². The van der Waals surface area contributed by atoms with Crippen molar-refractivity contribution >= 4 is 0 Å². The van der Waals surface area contributed by atoms with Crippen LogP contribution in [0.5, 0.6) is 5.75 Å². The summed E-state index contributed by atoms with van der Waals surface area (Å²) in [6, 6.07) is 1.86. The fourth-order valence-corrected chi connectivity index (χ4v) is 2.41. The van der Waals surface area contributed by atoms with Crippen LogP contribution in [0, 0.1) is 0 Å². The summed E-state index contributed by atoms with van der Waals surface area (Å²) in [6.07, 6.45) is 8.33. The first-order valence-corrected chi connectivity index (χ1v) is 7.17. The van der Waals surface area contributed by atoms with Crippen LogP contribution >= 0.6 is 0 Å². The molecule has 106 valence electrons. The third kappa shape index (κ3) is 4.48. The molecule has 0 spiro atoms. The van der Waals surface area contributed by atoms with Gasteiger partial charge in [-0.1, -0.05) is 0 Å². The molecular formula is C15H23NO3. The van der Waals surface area contributed by atoms with Crippen molar-refractivity contribution in [2.45, 2.75) is 51.2 Å². The predicted octanol–water partition coefficient (Wildman–Crippen LogP) is 2.86. The summed E-state index contributed by atoms with van der Waals surface area (Å²) in [5, 5.41) is 10.2. The highest BCUT2D eigenvalue weighted by Crippen LogP contribution is 2.25. The van der Waals surface area contributed by atoms with Crippen LogP contribution in [0.1, 0.15) is 50.7 Å². The highest BCUT2D eigenvalue weighted by Gasteiger charge is 2.17. The molecule has 1 N–H and O–H groups in total. The van der Waals surface area contributed by atoms with Gasteiger partial charge in [-0.2, -0.15) is 0 Å². The van der Waals surface area contributed by atoms with Crippen LogP contribution in [-0.2, 0) is 4.74 Å². The third-order valence-corrected chi connectivity index (χ3v) is 3.47. The molecular weight excluding hydrogens is 242 g/mol. The minimum absolute atomic E-state index is 0.312. The van der Waals surface area contributed by atoms with E-state index in [0.717, 1.165) is 25.0 Å². The van der Waals surface area contributed by atoms with Gasteiger partial charge in [-0.3, -0.25) is 4.98 Å². The quantitative estimate of drug-likeness (QED) is 0.859. The molecule has 19 heavy (non-hydrogen) atoms. The van der Waals surface area contributed by atoms with Crippen LogP contribution in [0.4, 0.5) is 0 Å². The van der Waals surface area contributed by atoms with E-state index in [2.05, 4.69) is 4.98 Å². The van der Waals surface area contributed by atoms with Crippen molar-refractivity contribution in [2.24, 2.45) is 0 Å². The Hall–Kier alpha value is -1.13. The van der Waals surface area contributed by atoms with E-state index in [4.69, 9.17) is 9.47 Å². The first-order valence-electron chi connectivity index (χ1n) is 7.17. The highest BCUT2D eigenvalue weighted by molar-refractivity contribution is 5.25. The normalized spacial score (nSPS) is 21.1. The van der Waals surface area contributed by atoms with Gasteiger partial charge in [0.25, 0.3) is 0 Å². The van der Waals surface area contributed by atoms with Gasteiger partial charge in [-0.05, 0) is 45.1 Å².